The molecular weight excluding hydrogens is 303 g/mol. The van der Waals surface area contributed by atoms with E-state index in [1.807, 2.05) is 0 Å². The molecule has 0 unspecified atom stereocenters. The van der Waals surface area contributed by atoms with E-state index in [9.17, 15) is 19.1 Å². The zero-order valence-corrected chi connectivity index (χ0v) is 12.6. The zero-order chi connectivity index (χ0) is 16.6. The zero-order valence-electron chi connectivity index (χ0n) is 12.6. The number of nitrogens with one attached hydrogen (secondary N) is 1. The Morgan fingerprint density at radius 2 is 2.22 bits per heavy atom. The number of phenolic OH excluding ortho intramolecular Hbond substituents is 1. The molecule has 1 aromatic rings. The number of aromatic hydroxyl groups is 1. The summed E-state index contributed by atoms with van der Waals surface area (Å²) in [4.78, 5) is 25.4. The van der Waals surface area contributed by atoms with Crippen LogP contribution in [0.15, 0.2) is 18.2 Å². The monoisotopic (exact) mass is 322 g/mol. The second-order valence-corrected chi connectivity index (χ2v) is 6.38. The fourth-order valence-corrected chi connectivity index (χ4v) is 3.74. The molecule has 7 heteroatoms. The van der Waals surface area contributed by atoms with E-state index in [1.165, 1.54) is 17.0 Å². The molecule has 2 aliphatic rings. The molecule has 23 heavy (non-hydrogen) atoms. The molecule has 1 saturated heterocycles. The minimum absolute atomic E-state index is 0.0110. The van der Waals surface area contributed by atoms with E-state index in [2.05, 4.69) is 5.32 Å². The number of benzene rings is 1. The van der Waals surface area contributed by atoms with Crippen LogP contribution in [0.1, 0.15) is 24.8 Å². The van der Waals surface area contributed by atoms with Gasteiger partial charge in [-0.25, -0.2) is 9.18 Å². The number of carboxylic acids is 1. The standard InChI is InChI=1S/C16H19FN2O4/c17-12-6-10(3-4-13(12)20)7-18-15(23)19-8-11-2-1-5-16(11,9-19)14(21)22/h3-4,6,11,20H,1-2,5,7-9H2,(H,18,23)(H,21,22)/t11-,16+/m0/s1. The number of rotatable bonds is 3. The average molecular weight is 322 g/mol. The average Bonchev–Trinajstić information content (AvgIpc) is 3.06. The molecule has 1 aliphatic heterocycles. The Morgan fingerprint density at radius 3 is 2.87 bits per heavy atom. The lowest BCUT2D eigenvalue weighted by atomic mass is 9.81. The molecular formula is C16H19FN2O4. The van der Waals surface area contributed by atoms with Gasteiger partial charge in [-0.2, -0.15) is 0 Å². The Bertz CT molecular complexity index is 651. The van der Waals surface area contributed by atoms with Gasteiger partial charge in [0.2, 0.25) is 0 Å². The van der Waals surface area contributed by atoms with Gasteiger partial charge in [-0.1, -0.05) is 12.5 Å². The Balaban J connectivity index is 1.61. The number of aliphatic carboxylic acids is 1. The van der Waals surface area contributed by atoms with Crippen LogP contribution in [0.3, 0.4) is 0 Å². The molecule has 0 aromatic heterocycles. The minimum atomic E-state index is -0.823. The third-order valence-electron chi connectivity index (χ3n) is 5.04. The van der Waals surface area contributed by atoms with E-state index in [4.69, 9.17) is 5.11 Å². The summed E-state index contributed by atoms with van der Waals surface area (Å²) in [5, 5.41) is 21.3. The number of urea groups is 1. The Kier molecular flexibility index (Phi) is 3.87. The molecule has 1 aromatic carbocycles. The predicted octanol–water partition coefficient (Wildman–Crippen LogP) is 1.93. The highest BCUT2D eigenvalue weighted by Crippen LogP contribution is 2.48. The van der Waals surface area contributed by atoms with Crippen LogP contribution in [0.4, 0.5) is 9.18 Å². The molecule has 0 bridgehead atoms. The van der Waals surface area contributed by atoms with Gasteiger partial charge in [-0.05, 0) is 36.5 Å². The number of hydrogen-bond donors (Lipinski definition) is 3. The number of hydrogen-bond acceptors (Lipinski definition) is 3. The normalized spacial score (nSPS) is 26.1. The lowest BCUT2D eigenvalue weighted by molar-refractivity contribution is -0.149. The van der Waals surface area contributed by atoms with Crippen molar-refractivity contribution in [2.24, 2.45) is 11.3 Å². The van der Waals surface area contributed by atoms with Crippen molar-refractivity contribution in [2.45, 2.75) is 25.8 Å². The third kappa shape index (κ3) is 2.71. The van der Waals surface area contributed by atoms with Gasteiger partial charge in [-0.15, -0.1) is 0 Å². The lowest BCUT2D eigenvalue weighted by Crippen LogP contribution is -2.41. The largest absolute Gasteiger partial charge is 0.505 e. The van der Waals surface area contributed by atoms with Crippen LogP contribution in [0.2, 0.25) is 0 Å². The van der Waals surface area contributed by atoms with E-state index in [1.54, 1.807) is 0 Å². The molecule has 1 heterocycles. The molecule has 3 rings (SSSR count). The Hall–Kier alpha value is -2.31. The number of amides is 2. The van der Waals surface area contributed by atoms with Crippen LogP contribution in [0, 0.1) is 17.2 Å². The summed E-state index contributed by atoms with van der Waals surface area (Å²) < 4.78 is 13.3. The quantitative estimate of drug-likeness (QED) is 0.793. The van der Waals surface area contributed by atoms with Gasteiger partial charge in [0.1, 0.15) is 0 Å². The topological polar surface area (TPSA) is 89.9 Å². The number of carbonyl (C=O) groups is 2. The van der Waals surface area contributed by atoms with Gasteiger partial charge in [-0.3, -0.25) is 4.79 Å². The van der Waals surface area contributed by atoms with Gasteiger partial charge >= 0.3 is 12.0 Å². The van der Waals surface area contributed by atoms with Gasteiger partial charge < -0.3 is 20.4 Å². The smallest absolute Gasteiger partial charge is 0.317 e. The van der Waals surface area contributed by atoms with Crippen molar-refractivity contribution < 1.29 is 24.2 Å². The van der Waals surface area contributed by atoms with Crippen molar-refractivity contribution in [1.82, 2.24) is 10.2 Å². The first-order valence-corrected chi connectivity index (χ1v) is 7.66. The SMILES string of the molecule is O=C(NCc1ccc(O)c(F)c1)N1C[C@@H]2CCC[C@@]2(C(=O)O)C1. The number of phenols is 1. The van der Waals surface area contributed by atoms with Crippen LogP contribution in [-0.4, -0.2) is 40.2 Å². The van der Waals surface area contributed by atoms with Crippen LogP contribution >= 0.6 is 0 Å². The molecule has 2 amide bonds. The molecule has 124 valence electrons. The maximum absolute atomic E-state index is 13.3. The van der Waals surface area contributed by atoms with Gasteiger partial charge in [0, 0.05) is 19.6 Å². The van der Waals surface area contributed by atoms with Crippen LogP contribution < -0.4 is 5.32 Å². The summed E-state index contributed by atoms with van der Waals surface area (Å²) in [6.07, 6.45) is 2.33. The van der Waals surface area contributed by atoms with Crippen LogP contribution in [0.25, 0.3) is 0 Å². The molecule has 2 fully saturated rings. The van der Waals surface area contributed by atoms with Gasteiger partial charge in [0.25, 0.3) is 0 Å². The second kappa shape index (κ2) is 5.72. The molecule has 1 saturated carbocycles. The summed E-state index contributed by atoms with van der Waals surface area (Å²) in [5.74, 6) is -1.99. The van der Waals surface area contributed by atoms with Crippen molar-refractivity contribution in [3.63, 3.8) is 0 Å². The van der Waals surface area contributed by atoms with E-state index >= 15 is 0 Å². The van der Waals surface area contributed by atoms with Crippen molar-refractivity contribution in [3.05, 3.63) is 29.6 Å². The molecule has 3 N–H and O–H groups in total. The summed E-state index contributed by atoms with van der Waals surface area (Å²) >= 11 is 0. The fourth-order valence-electron chi connectivity index (χ4n) is 3.74. The number of nitrogens with zero attached hydrogens (tertiary/aromatic N) is 1. The Labute approximate surface area is 132 Å². The van der Waals surface area contributed by atoms with Crippen LogP contribution in [0.5, 0.6) is 5.75 Å². The van der Waals surface area contributed by atoms with E-state index < -0.39 is 23.0 Å². The summed E-state index contributed by atoms with van der Waals surface area (Å²) in [5.41, 5.74) is -0.275. The highest BCUT2D eigenvalue weighted by molar-refractivity contribution is 5.80. The maximum Gasteiger partial charge on any atom is 0.317 e. The van der Waals surface area contributed by atoms with Gasteiger partial charge in [0.15, 0.2) is 11.6 Å². The maximum atomic E-state index is 13.3. The van der Waals surface area contributed by atoms with Crippen molar-refractivity contribution >= 4 is 12.0 Å². The molecule has 0 spiro atoms. The number of carbonyl (C=O) groups excluding carboxylic acids is 1. The molecule has 6 nitrogen and oxygen atoms in total. The first-order chi connectivity index (χ1) is 10.9. The number of fused-ring (bicyclic) bond motifs is 1. The first kappa shape index (κ1) is 15.6. The predicted molar refractivity (Wildman–Crippen MR) is 79.3 cm³/mol. The molecule has 1 aliphatic carbocycles. The summed E-state index contributed by atoms with van der Waals surface area (Å²) in [6.45, 7) is 0.794. The minimum Gasteiger partial charge on any atom is -0.505 e. The van der Waals surface area contributed by atoms with Crippen LogP contribution in [-0.2, 0) is 11.3 Å². The summed E-state index contributed by atoms with van der Waals surface area (Å²) in [6, 6.07) is 3.58. The van der Waals surface area contributed by atoms with E-state index in [-0.39, 0.29) is 25.0 Å². The van der Waals surface area contributed by atoms with Crippen molar-refractivity contribution in [1.29, 1.82) is 0 Å². The number of halogens is 1. The second-order valence-electron chi connectivity index (χ2n) is 6.38. The lowest BCUT2D eigenvalue weighted by Gasteiger charge is -2.23. The molecule has 2 atom stereocenters. The molecule has 0 radical (unpaired) electrons. The highest BCUT2D eigenvalue weighted by Gasteiger charge is 2.55. The summed E-state index contributed by atoms with van der Waals surface area (Å²) in [7, 11) is 0. The fraction of sp³-hybridized carbons (Fsp3) is 0.500. The highest BCUT2D eigenvalue weighted by atomic mass is 19.1. The van der Waals surface area contributed by atoms with Crippen molar-refractivity contribution in [2.75, 3.05) is 13.1 Å². The third-order valence-corrected chi connectivity index (χ3v) is 5.04. The number of carboxylic acid groups (broad SMARTS) is 1. The van der Waals surface area contributed by atoms with E-state index in [0.717, 1.165) is 18.9 Å². The van der Waals surface area contributed by atoms with Gasteiger partial charge in [0.05, 0.1) is 5.41 Å². The van der Waals surface area contributed by atoms with E-state index in [0.29, 0.717) is 18.5 Å². The first-order valence-electron chi connectivity index (χ1n) is 7.66. The Morgan fingerprint density at radius 1 is 1.43 bits per heavy atom. The van der Waals surface area contributed by atoms with Crippen molar-refractivity contribution in [3.8, 4) is 5.75 Å². The number of likely N-dealkylation sites (tertiary alicyclic amines) is 1.